The van der Waals surface area contributed by atoms with Crippen molar-refractivity contribution in [2.45, 2.75) is 12.8 Å². The number of piperidine rings is 1. The lowest BCUT2D eigenvalue weighted by molar-refractivity contribution is 0.377. The van der Waals surface area contributed by atoms with Crippen molar-refractivity contribution >= 4 is 27.5 Å². The van der Waals surface area contributed by atoms with Crippen molar-refractivity contribution in [2.24, 2.45) is 5.92 Å². The first-order valence-corrected chi connectivity index (χ1v) is 7.46. The molecule has 0 saturated carbocycles. The Bertz CT molecular complexity index is 561. The van der Waals surface area contributed by atoms with E-state index in [9.17, 15) is 0 Å². The summed E-state index contributed by atoms with van der Waals surface area (Å²) in [5, 5.41) is 7.92. The van der Waals surface area contributed by atoms with Gasteiger partial charge < -0.3 is 10.2 Å². The number of fused-ring (bicyclic) bond motifs is 1. The second-order valence-corrected chi connectivity index (χ2v) is 5.96. The highest BCUT2D eigenvalue weighted by Gasteiger charge is 2.17. The third kappa shape index (κ3) is 2.74. The molecule has 1 N–H and O–H groups in total. The highest BCUT2D eigenvalue weighted by atomic mass is 79.9. The van der Waals surface area contributed by atoms with Crippen LogP contribution in [-0.2, 0) is 0 Å². The zero-order chi connectivity index (χ0) is 13.2. The molecule has 0 aromatic carbocycles. The van der Waals surface area contributed by atoms with Crippen LogP contribution in [0.25, 0.3) is 5.65 Å². The maximum absolute atomic E-state index is 4.59. The normalized spacial score (nSPS) is 16.9. The fourth-order valence-corrected chi connectivity index (χ4v) is 2.98. The molecule has 1 fully saturated rings. The molecule has 0 radical (unpaired) electrons. The molecule has 0 aliphatic carbocycles. The number of nitrogens with zero attached hydrogens (tertiary/aromatic N) is 4. The van der Waals surface area contributed by atoms with Gasteiger partial charge in [0.1, 0.15) is 0 Å². The lowest BCUT2D eigenvalue weighted by atomic mass is 9.98. The molecule has 0 bridgehead atoms. The zero-order valence-electron chi connectivity index (χ0n) is 11.0. The van der Waals surface area contributed by atoms with Crippen molar-refractivity contribution in [3.63, 3.8) is 0 Å². The van der Waals surface area contributed by atoms with E-state index in [-0.39, 0.29) is 0 Å². The minimum atomic E-state index is 0.737. The molecule has 0 atom stereocenters. The summed E-state index contributed by atoms with van der Waals surface area (Å²) >= 11 is 3.51. The number of aromatic nitrogens is 3. The van der Waals surface area contributed by atoms with Crippen LogP contribution in [0.1, 0.15) is 12.8 Å². The summed E-state index contributed by atoms with van der Waals surface area (Å²) in [4.78, 5) is 6.76. The van der Waals surface area contributed by atoms with E-state index >= 15 is 0 Å². The van der Waals surface area contributed by atoms with Gasteiger partial charge in [-0.1, -0.05) is 0 Å². The van der Waals surface area contributed by atoms with E-state index in [1.54, 1.807) is 0 Å². The van der Waals surface area contributed by atoms with Crippen LogP contribution in [0, 0.1) is 5.92 Å². The van der Waals surface area contributed by atoms with Crippen molar-refractivity contribution in [1.29, 1.82) is 0 Å². The molecule has 19 heavy (non-hydrogen) atoms. The summed E-state index contributed by atoms with van der Waals surface area (Å²) in [5.74, 6) is 1.53. The molecular weight excluding hydrogens is 306 g/mol. The SMILES string of the molecule is CN(CC1CCNCC1)c1nc2c(Br)cccn2n1. The Balaban J connectivity index is 1.77. The molecule has 1 saturated heterocycles. The van der Waals surface area contributed by atoms with Crippen LogP contribution in [-0.4, -0.2) is 41.3 Å². The van der Waals surface area contributed by atoms with E-state index < -0.39 is 0 Å². The fraction of sp³-hybridized carbons (Fsp3) is 0.538. The predicted molar refractivity (Wildman–Crippen MR) is 79.6 cm³/mol. The average molecular weight is 324 g/mol. The van der Waals surface area contributed by atoms with Crippen LogP contribution < -0.4 is 10.2 Å². The number of hydrogen-bond donors (Lipinski definition) is 1. The first kappa shape index (κ1) is 12.9. The van der Waals surface area contributed by atoms with Gasteiger partial charge in [-0.15, -0.1) is 5.10 Å². The van der Waals surface area contributed by atoms with Crippen LogP contribution >= 0.6 is 15.9 Å². The van der Waals surface area contributed by atoms with Crippen LogP contribution in [0.2, 0.25) is 0 Å². The summed E-state index contributed by atoms with van der Waals surface area (Å²) in [7, 11) is 2.07. The van der Waals surface area contributed by atoms with Crippen molar-refractivity contribution in [1.82, 2.24) is 19.9 Å². The molecule has 102 valence electrons. The van der Waals surface area contributed by atoms with E-state index in [1.807, 2.05) is 22.8 Å². The molecule has 2 aromatic rings. The van der Waals surface area contributed by atoms with Gasteiger partial charge in [-0.2, -0.15) is 4.98 Å². The Kier molecular flexibility index (Phi) is 3.70. The first-order valence-electron chi connectivity index (χ1n) is 6.67. The highest BCUT2D eigenvalue weighted by molar-refractivity contribution is 9.10. The van der Waals surface area contributed by atoms with Gasteiger partial charge in [0.05, 0.1) is 4.47 Å². The Labute approximate surface area is 121 Å². The zero-order valence-corrected chi connectivity index (χ0v) is 12.6. The lowest BCUT2D eigenvalue weighted by Gasteiger charge is -2.26. The van der Waals surface area contributed by atoms with Gasteiger partial charge >= 0.3 is 0 Å². The summed E-state index contributed by atoms with van der Waals surface area (Å²) < 4.78 is 2.79. The lowest BCUT2D eigenvalue weighted by Crippen LogP contribution is -2.34. The van der Waals surface area contributed by atoms with Crippen LogP contribution in [0.3, 0.4) is 0 Å². The van der Waals surface area contributed by atoms with Crippen molar-refractivity contribution in [3.8, 4) is 0 Å². The Morgan fingerprint density at radius 1 is 1.47 bits per heavy atom. The molecule has 1 aliphatic heterocycles. The number of nitrogens with one attached hydrogen (secondary N) is 1. The first-order chi connectivity index (χ1) is 9.24. The fourth-order valence-electron chi connectivity index (χ4n) is 2.56. The van der Waals surface area contributed by atoms with Gasteiger partial charge in [-0.25, -0.2) is 4.52 Å². The monoisotopic (exact) mass is 323 g/mol. The molecule has 3 rings (SSSR count). The van der Waals surface area contributed by atoms with E-state index in [4.69, 9.17) is 0 Å². The van der Waals surface area contributed by atoms with Crippen LogP contribution in [0.4, 0.5) is 5.95 Å². The van der Waals surface area contributed by atoms with Gasteiger partial charge in [-0.05, 0) is 59.9 Å². The summed E-state index contributed by atoms with van der Waals surface area (Å²) in [6, 6.07) is 3.95. The number of rotatable bonds is 3. The van der Waals surface area contributed by atoms with E-state index in [0.29, 0.717) is 0 Å². The van der Waals surface area contributed by atoms with Gasteiger partial charge in [0.2, 0.25) is 5.95 Å². The van der Waals surface area contributed by atoms with E-state index in [0.717, 1.165) is 41.6 Å². The molecular formula is C13H18BrN5. The molecule has 0 spiro atoms. The van der Waals surface area contributed by atoms with Crippen molar-refractivity contribution in [3.05, 3.63) is 22.8 Å². The summed E-state index contributed by atoms with van der Waals surface area (Å²) in [5.41, 5.74) is 0.870. The van der Waals surface area contributed by atoms with Crippen LogP contribution in [0.15, 0.2) is 22.8 Å². The van der Waals surface area contributed by atoms with Crippen molar-refractivity contribution < 1.29 is 0 Å². The smallest absolute Gasteiger partial charge is 0.245 e. The topological polar surface area (TPSA) is 45.5 Å². The van der Waals surface area contributed by atoms with E-state index in [2.05, 4.69) is 43.3 Å². The van der Waals surface area contributed by atoms with Gasteiger partial charge in [0.15, 0.2) is 5.65 Å². The number of halogens is 1. The molecule has 2 aromatic heterocycles. The van der Waals surface area contributed by atoms with Gasteiger partial charge in [-0.3, -0.25) is 0 Å². The number of anilines is 1. The van der Waals surface area contributed by atoms with Crippen molar-refractivity contribution in [2.75, 3.05) is 31.6 Å². The Morgan fingerprint density at radius 2 is 2.26 bits per heavy atom. The number of pyridine rings is 1. The molecule has 3 heterocycles. The summed E-state index contributed by atoms with van der Waals surface area (Å²) in [6.07, 6.45) is 4.40. The minimum Gasteiger partial charge on any atom is -0.342 e. The Morgan fingerprint density at radius 3 is 3.00 bits per heavy atom. The average Bonchev–Trinajstić information content (AvgIpc) is 2.85. The maximum Gasteiger partial charge on any atom is 0.245 e. The molecule has 0 unspecified atom stereocenters. The second kappa shape index (κ2) is 5.46. The molecule has 1 aliphatic rings. The Hall–Kier alpha value is -1.14. The second-order valence-electron chi connectivity index (χ2n) is 5.11. The van der Waals surface area contributed by atoms with Crippen LogP contribution in [0.5, 0.6) is 0 Å². The van der Waals surface area contributed by atoms with Gasteiger partial charge in [0.25, 0.3) is 0 Å². The summed E-state index contributed by atoms with van der Waals surface area (Å²) in [6.45, 7) is 3.28. The minimum absolute atomic E-state index is 0.737. The number of hydrogen-bond acceptors (Lipinski definition) is 4. The van der Waals surface area contributed by atoms with Gasteiger partial charge in [0, 0.05) is 19.8 Å². The largest absolute Gasteiger partial charge is 0.342 e. The third-order valence-electron chi connectivity index (χ3n) is 3.64. The molecule has 0 amide bonds. The predicted octanol–water partition coefficient (Wildman–Crippen LogP) is 1.93. The van der Waals surface area contributed by atoms with E-state index in [1.165, 1.54) is 12.8 Å². The standard InChI is InChI=1S/C13H18BrN5/c1-18(9-10-4-6-15-7-5-10)13-16-12-11(14)3-2-8-19(12)17-13/h2-3,8,10,15H,4-7,9H2,1H3. The maximum atomic E-state index is 4.59. The molecule has 5 nitrogen and oxygen atoms in total. The quantitative estimate of drug-likeness (QED) is 0.937. The molecule has 6 heteroatoms. The highest BCUT2D eigenvalue weighted by Crippen LogP contribution is 2.20. The third-order valence-corrected chi connectivity index (χ3v) is 4.25.